The van der Waals surface area contributed by atoms with Gasteiger partial charge in [-0.05, 0) is 24.6 Å². The van der Waals surface area contributed by atoms with E-state index >= 15 is 0 Å². The number of nitrogens with zero attached hydrogens (tertiary/aromatic N) is 1. The summed E-state index contributed by atoms with van der Waals surface area (Å²) in [6.07, 6.45) is 0. The van der Waals surface area contributed by atoms with Gasteiger partial charge in [-0.25, -0.2) is 4.39 Å². The summed E-state index contributed by atoms with van der Waals surface area (Å²) in [5, 5.41) is 12.2. The summed E-state index contributed by atoms with van der Waals surface area (Å²) < 4.78 is 14.3. The predicted molar refractivity (Wildman–Crippen MR) is 69.3 cm³/mol. The third-order valence-electron chi connectivity index (χ3n) is 3.24. The quantitative estimate of drug-likeness (QED) is 0.580. The minimum Gasteiger partial charge on any atom is -0.618 e. The molecule has 2 aromatic rings. The molecule has 0 spiro atoms. The Bertz CT molecular complexity index is 735. The van der Waals surface area contributed by atoms with E-state index in [1.807, 2.05) is 0 Å². The Morgan fingerprint density at radius 3 is 2.53 bits per heavy atom. The van der Waals surface area contributed by atoms with Crippen LogP contribution in [0.4, 0.5) is 10.1 Å². The van der Waals surface area contributed by atoms with Gasteiger partial charge in [-0.1, -0.05) is 24.3 Å². The maximum Gasteiger partial charge on any atom is 0.275 e. The van der Waals surface area contributed by atoms with Gasteiger partial charge < -0.3 is 5.21 Å². The maximum atomic E-state index is 13.8. The second kappa shape index (κ2) is 4.02. The number of benzene rings is 2. The highest BCUT2D eigenvalue weighted by molar-refractivity contribution is 6.52. The van der Waals surface area contributed by atoms with Crippen LogP contribution in [-0.2, 0) is 0 Å². The third kappa shape index (κ3) is 1.57. The fourth-order valence-corrected chi connectivity index (χ4v) is 2.33. The molecule has 0 aromatic heterocycles. The number of halogens is 1. The lowest BCUT2D eigenvalue weighted by Gasteiger charge is -2.02. The van der Waals surface area contributed by atoms with E-state index in [1.54, 1.807) is 31.2 Å². The van der Waals surface area contributed by atoms with Crippen molar-refractivity contribution in [1.29, 1.82) is 0 Å². The van der Waals surface area contributed by atoms with Gasteiger partial charge in [-0.3, -0.25) is 4.79 Å². The molecule has 4 heteroatoms. The lowest BCUT2D eigenvalue weighted by Crippen LogP contribution is -2.18. The fourth-order valence-electron chi connectivity index (χ4n) is 2.33. The van der Waals surface area contributed by atoms with Crippen LogP contribution in [0.2, 0.25) is 0 Å². The Morgan fingerprint density at radius 1 is 1.11 bits per heavy atom. The van der Waals surface area contributed by atoms with E-state index < -0.39 is 11.6 Å². The number of rotatable bonds is 1. The van der Waals surface area contributed by atoms with Gasteiger partial charge in [0, 0.05) is 6.07 Å². The van der Waals surface area contributed by atoms with Crippen molar-refractivity contribution in [3.05, 3.63) is 70.2 Å². The molecule has 0 aliphatic carbocycles. The molecule has 3 rings (SSSR count). The van der Waals surface area contributed by atoms with Gasteiger partial charge in [-0.2, -0.15) is 4.74 Å². The lowest BCUT2D eigenvalue weighted by molar-refractivity contribution is -0.355. The molecule has 0 radical (unpaired) electrons. The number of fused-ring (bicyclic) bond motifs is 1. The monoisotopic (exact) mass is 255 g/mol. The molecule has 1 aliphatic heterocycles. The molecule has 0 unspecified atom stereocenters. The Morgan fingerprint density at radius 2 is 1.84 bits per heavy atom. The zero-order valence-corrected chi connectivity index (χ0v) is 10.2. The molecule has 1 aliphatic rings. The van der Waals surface area contributed by atoms with E-state index in [2.05, 4.69) is 0 Å². The number of aryl methyl sites for hydroxylation is 1. The van der Waals surface area contributed by atoms with Crippen molar-refractivity contribution < 1.29 is 13.9 Å². The lowest BCUT2D eigenvalue weighted by atomic mass is 9.99. The van der Waals surface area contributed by atoms with E-state index in [0.717, 1.165) is 5.56 Å². The minimum atomic E-state index is -0.572. The molecule has 3 nitrogen and oxygen atoms in total. The second-order valence-electron chi connectivity index (χ2n) is 4.42. The number of Topliss-reactive ketones (excluding diaryl/α,β-unsaturated/α-hetero) is 1. The van der Waals surface area contributed by atoms with Gasteiger partial charge in [0.2, 0.25) is 5.69 Å². The third-order valence-corrected chi connectivity index (χ3v) is 3.24. The van der Waals surface area contributed by atoms with Crippen LogP contribution in [0.25, 0.3) is 0 Å². The van der Waals surface area contributed by atoms with E-state index in [-0.39, 0.29) is 17.0 Å². The SMILES string of the molecule is Cc1cccc2c1C(=O)C(c1ccccc1F)=[N+]2[O-]. The zero-order chi connectivity index (χ0) is 13.6. The van der Waals surface area contributed by atoms with Gasteiger partial charge >= 0.3 is 0 Å². The van der Waals surface area contributed by atoms with Gasteiger partial charge in [-0.15, -0.1) is 0 Å². The molecule has 0 bridgehead atoms. The van der Waals surface area contributed by atoms with E-state index in [1.165, 1.54) is 18.2 Å². The first-order valence-electron chi connectivity index (χ1n) is 5.84. The van der Waals surface area contributed by atoms with Gasteiger partial charge in [0.05, 0.1) is 5.56 Å². The Hall–Kier alpha value is -2.49. The van der Waals surface area contributed by atoms with Crippen molar-refractivity contribution >= 4 is 17.2 Å². The van der Waals surface area contributed by atoms with Crippen LogP contribution in [0, 0.1) is 17.9 Å². The summed E-state index contributed by atoms with van der Waals surface area (Å²) in [5.74, 6) is -0.995. The summed E-state index contributed by atoms with van der Waals surface area (Å²) in [7, 11) is 0. The van der Waals surface area contributed by atoms with Crippen LogP contribution in [0.5, 0.6) is 0 Å². The van der Waals surface area contributed by atoms with Gasteiger partial charge in [0.25, 0.3) is 11.5 Å². The Balaban J connectivity index is 2.27. The first-order chi connectivity index (χ1) is 9.11. The summed E-state index contributed by atoms with van der Waals surface area (Å²) in [4.78, 5) is 12.3. The molecular weight excluding hydrogens is 245 g/mol. The number of hydrogen-bond donors (Lipinski definition) is 0. The smallest absolute Gasteiger partial charge is 0.275 e. The number of hydrogen-bond acceptors (Lipinski definition) is 2. The van der Waals surface area contributed by atoms with Crippen molar-refractivity contribution in [2.75, 3.05) is 0 Å². The molecule has 19 heavy (non-hydrogen) atoms. The minimum absolute atomic E-state index is 0.0399. The van der Waals surface area contributed by atoms with Crippen molar-refractivity contribution in [3.63, 3.8) is 0 Å². The van der Waals surface area contributed by atoms with Crippen LogP contribution in [0.1, 0.15) is 21.5 Å². The molecule has 1 heterocycles. The number of carbonyl (C=O) groups is 1. The fraction of sp³-hybridized carbons (Fsp3) is 0.0667. The first kappa shape index (κ1) is 11.6. The Kier molecular flexibility index (Phi) is 2.45. The van der Waals surface area contributed by atoms with Gasteiger partial charge in [0.15, 0.2) is 0 Å². The van der Waals surface area contributed by atoms with Crippen molar-refractivity contribution in [2.24, 2.45) is 0 Å². The van der Waals surface area contributed by atoms with E-state index in [4.69, 9.17) is 0 Å². The topological polar surface area (TPSA) is 43.1 Å². The van der Waals surface area contributed by atoms with Gasteiger partial charge in [0.1, 0.15) is 11.4 Å². The summed E-state index contributed by atoms with van der Waals surface area (Å²) in [5.41, 5.74) is 1.24. The van der Waals surface area contributed by atoms with Crippen LogP contribution < -0.4 is 0 Å². The van der Waals surface area contributed by atoms with E-state index in [0.29, 0.717) is 10.3 Å². The molecule has 0 saturated carbocycles. The normalized spacial score (nSPS) is 13.9. The molecule has 2 aromatic carbocycles. The molecule has 94 valence electrons. The Labute approximate surface area is 109 Å². The van der Waals surface area contributed by atoms with Crippen LogP contribution in [-0.4, -0.2) is 16.2 Å². The summed E-state index contributed by atoms with van der Waals surface area (Å²) in [6.45, 7) is 1.76. The molecular formula is C15H10FNO2. The molecule has 0 amide bonds. The predicted octanol–water partition coefficient (Wildman–Crippen LogP) is 2.96. The highest BCUT2D eigenvalue weighted by atomic mass is 19.1. The molecule has 0 fully saturated rings. The largest absolute Gasteiger partial charge is 0.618 e. The molecule has 0 N–H and O–H groups in total. The molecule has 0 saturated heterocycles. The highest BCUT2D eigenvalue weighted by Crippen LogP contribution is 2.30. The van der Waals surface area contributed by atoms with Crippen molar-refractivity contribution in [1.82, 2.24) is 0 Å². The van der Waals surface area contributed by atoms with E-state index in [9.17, 15) is 14.4 Å². The zero-order valence-electron chi connectivity index (χ0n) is 10.2. The first-order valence-corrected chi connectivity index (χ1v) is 5.84. The maximum absolute atomic E-state index is 13.8. The van der Waals surface area contributed by atoms with Crippen molar-refractivity contribution in [2.45, 2.75) is 6.92 Å². The second-order valence-corrected chi connectivity index (χ2v) is 4.42. The number of ketones is 1. The van der Waals surface area contributed by atoms with Crippen LogP contribution >= 0.6 is 0 Å². The average molecular weight is 255 g/mol. The summed E-state index contributed by atoms with van der Waals surface area (Å²) in [6, 6.07) is 10.8. The summed E-state index contributed by atoms with van der Waals surface area (Å²) >= 11 is 0. The average Bonchev–Trinajstić information content (AvgIpc) is 2.64. The van der Waals surface area contributed by atoms with Crippen LogP contribution in [0.15, 0.2) is 42.5 Å². The number of carbonyl (C=O) groups excluding carboxylic acids is 1. The highest BCUT2D eigenvalue weighted by Gasteiger charge is 2.38. The van der Waals surface area contributed by atoms with Crippen molar-refractivity contribution in [3.8, 4) is 0 Å². The standard InChI is InChI=1S/C15H10FNO2/c1-9-5-4-8-12-13(9)15(18)14(17(12)19)10-6-2-3-7-11(10)16/h2-8H,1H3. The molecule has 0 atom stereocenters. The van der Waals surface area contributed by atoms with Crippen LogP contribution in [0.3, 0.4) is 0 Å².